The monoisotopic (exact) mass is 218 g/mol. The third-order valence-electron chi connectivity index (χ3n) is 2.57. The van der Waals surface area contributed by atoms with Crippen LogP contribution in [0.3, 0.4) is 0 Å². The lowest BCUT2D eigenvalue weighted by molar-refractivity contribution is 0.232. The molecule has 0 saturated carbocycles. The zero-order valence-corrected chi connectivity index (χ0v) is 10.3. The molecule has 0 amide bonds. The van der Waals surface area contributed by atoms with E-state index in [9.17, 15) is 0 Å². The summed E-state index contributed by atoms with van der Waals surface area (Å²) in [6, 6.07) is 2.03. The summed E-state index contributed by atoms with van der Waals surface area (Å²) >= 11 is 0. The van der Waals surface area contributed by atoms with Gasteiger partial charge in [0.05, 0.1) is 23.9 Å². The average molecular weight is 218 g/mol. The maximum Gasteiger partial charge on any atom is 0.223 e. The summed E-state index contributed by atoms with van der Waals surface area (Å²) in [5.41, 5.74) is 3.47. The second-order valence-electron chi connectivity index (χ2n) is 4.67. The van der Waals surface area contributed by atoms with Crippen molar-refractivity contribution in [3.05, 3.63) is 23.4 Å². The summed E-state index contributed by atoms with van der Waals surface area (Å²) in [4.78, 5) is 8.89. The van der Waals surface area contributed by atoms with Crippen LogP contribution >= 0.6 is 0 Å². The second kappa shape index (κ2) is 4.24. The minimum atomic E-state index is 0.146. The van der Waals surface area contributed by atoms with Gasteiger partial charge in [-0.25, -0.2) is 4.98 Å². The molecule has 2 rings (SSSR count). The van der Waals surface area contributed by atoms with Crippen molar-refractivity contribution < 1.29 is 4.74 Å². The smallest absolute Gasteiger partial charge is 0.223 e. The predicted molar refractivity (Wildman–Crippen MR) is 65.1 cm³/mol. The van der Waals surface area contributed by atoms with Crippen molar-refractivity contribution in [2.24, 2.45) is 10.9 Å². The van der Waals surface area contributed by atoms with Gasteiger partial charge in [0.15, 0.2) is 0 Å². The van der Waals surface area contributed by atoms with Gasteiger partial charge < -0.3 is 4.74 Å². The van der Waals surface area contributed by atoms with Crippen LogP contribution in [-0.2, 0) is 6.54 Å². The molecule has 3 nitrogen and oxygen atoms in total. The maximum atomic E-state index is 5.75. The van der Waals surface area contributed by atoms with Gasteiger partial charge in [0.1, 0.15) is 0 Å². The first kappa shape index (κ1) is 11.1. The van der Waals surface area contributed by atoms with Crippen LogP contribution in [0.1, 0.15) is 38.8 Å². The molecular formula is C13H18N2O. The molecule has 0 radical (unpaired) electrons. The Balaban J connectivity index is 2.42. The third kappa shape index (κ3) is 1.94. The van der Waals surface area contributed by atoms with Crippen molar-refractivity contribution in [2.45, 2.75) is 40.3 Å². The molecule has 16 heavy (non-hydrogen) atoms. The molecule has 1 aliphatic rings. The molecular weight excluding hydrogens is 200 g/mol. The van der Waals surface area contributed by atoms with Crippen molar-refractivity contribution in [1.82, 2.24) is 4.98 Å². The van der Waals surface area contributed by atoms with E-state index in [-0.39, 0.29) is 6.10 Å². The highest BCUT2D eigenvalue weighted by Crippen LogP contribution is 2.29. The van der Waals surface area contributed by atoms with E-state index in [0.29, 0.717) is 5.92 Å². The number of fused-ring (bicyclic) bond motifs is 1. The van der Waals surface area contributed by atoms with Crippen LogP contribution in [0.5, 0.6) is 5.88 Å². The van der Waals surface area contributed by atoms with Gasteiger partial charge in [-0.1, -0.05) is 13.8 Å². The van der Waals surface area contributed by atoms with E-state index in [1.807, 2.05) is 19.9 Å². The molecule has 0 fully saturated rings. The van der Waals surface area contributed by atoms with E-state index in [0.717, 1.165) is 23.7 Å². The number of aromatic nitrogens is 1. The predicted octanol–water partition coefficient (Wildman–Crippen LogP) is 2.83. The Morgan fingerprint density at radius 1 is 1.25 bits per heavy atom. The van der Waals surface area contributed by atoms with E-state index >= 15 is 0 Å². The summed E-state index contributed by atoms with van der Waals surface area (Å²) in [6.45, 7) is 9.10. The van der Waals surface area contributed by atoms with Crippen LogP contribution < -0.4 is 4.74 Å². The highest BCUT2D eigenvalue weighted by molar-refractivity contribution is 6.06. The van der Waals surface area contributed by atoms with Crippen molar-refractivity contribution in [1.29, 1.82) is 0 Å². The van der Waals surface area contributed by atoms with E-state index < -0.39 is 0 Å². The molecule has 0 aromatic carbocycles. The van der Waals surface area contributed by atoms with E-state index in [1.54, 1.807) is 6.20 Å². The first-order valence-corrected chi connectivity index (χ1v) is 5.79. The lowest BCUT2D eigenvalue weighted by Gasteiger charge is -2.14. The van der Waals surface area contributed by atoms with E-state index in [4.69, 9.17) is 4.74 Å². The third-order valence-corrected chi connectivity index (χ3v) is 2.57. The van der Waals surface area contributed by atoms with Gasteiger partial charge in [-0.2, -0.15) is 0 Å². The van der Waals surface area contributed by atoms with Crippen LogP contribution in [0.15, 0.2) is 17.3 Å². The van der Waals surface area contributed by atoms with E-state index in [1.165, 1.54) is 5.56 Å². The van der Waals surface area contributed by atoms with Gasteiger partial charge in [-0.3, -0.25) is 4.99 Å². The molecule has 1 aliphatic heterocycles. The summed E-state index contributed by atoms with van der Waals surface area (Å²) in [5.74, 6) is 1.15. The summed E-state index contributed by atoms with van der Waals surface area (Å²) in [6.07, 6.45) is 1.95. The Labute approximate surface area is 96.6 Å². The molecule has 1 aromatic rings. The minimum absolute atomic E-state index is 0.146. The Kier molecular flexibility index (Phi) is 2.95. The minimum Gasteiger partial charge on any atom is -0.474 e. The van der Waals surface area contributed by atoms with Gasteiger partial charge in [-0.15, -0.1) is 0 Å². The Bertz CT molecular complexity index is 422. The molecule has 1 aromatic heterocycles. The van der Waals surface area contributed by atoms with Gasteiger partial charge in [-0.05, 0) is 31.4 Å². The molecule has 3 heteroatoms. The van der Waals surface area contributed by atoms with Gasteiger partial charge >= 0.3 is 0 Å². The average Bonchev–Trinajstić information content (AvgIpc) is 2.61. The molecule has 86 valence electrons. The number of rotatable bonds is 3. The Hall–Kier alpha value is -1.38. The first-order valence-electron chi connectivity index (χ1n) is 5.79. The number of pyridine rings is 1. The SMILES string of the molecule is CC(C)Oc1nccc2c1C(C(C)C)=NC2. The van der Waals surface area contributed by atoms with Gasteiger partial charge in [0, 0.05) is 6.20 Å². The van der Waals surface area contributed by atoms with Crippen LogP contribution in [0.25, 0.3) is 0 Å². The number of ether oxygens (including phenoxy) is 1. The van der Waals surface area contributed by atoms with E-state index in [2.05, 4.69) is 23.8 Å². The first-order chi connectivity index (χ1) is 7.59. The summed E-state index contributed by atoms with van der Waals surface area (Å²) in [7, 11) is 0. The van der Waals surface area contributed by atoms with Crippen LogP contribution in [0, 0.1) is 5.92 Å². The molecule has 0 aliphatic carbocycles. The molecule has 0 unspecified atom stereocenters. The lowest BCUT2D eigenvalue weighted by atomic mass is 9.99. The van der Waals surface area contributed by atoms with Crippen LogP contribution in [-0.4, -0.2) is 16.8 Å². The number of nitrogens with zero attached hydrogens (tertiary/aromatic N) is 2. The lowest BCUT2D eigenvalue weighted by Crippen LogP contribution is -2.14. The number of hydrogen-bond acceptors (Lipinski definition) is 3. The molecule has 0 bridgehead atoms. The Morgan fingerprint density at radius 2 is 2.00 bits per heavy atom. The summed E-state index contributed by atoms with van der Waals surface area (Å²) < 4.78 is 5.75. The highest BCUT2D eigenvalue weighted by Gasteiger charge is 2.23. The largest absolute Gasteiger partial charge is 0.474 e. The van der Waals surface area contributed by atoms with Gasteiger partial charge in [0.2, 0.25) is 5.88 Å². The standard InChI is InChI=1S/C13H18N2O/c1-8(2)12-11-10(7-15-12)5-6-14-13(11)16-9(3)4/h5-6,8-9H,7H2,1-4H3. The Morgan fingerprint density at radius 3 is 2.62 bits per heavy atom. The maximum absolute atomic E-state index is 5.75. The summed E-state index contributed by atoms with van der Waals surface area (Å²) in [5, 5.41) is 0. The van der Waals surface area contributed by atoms with Crippen molar-refractivity contribution in [3.63, 3.8) is 0 Å². The normalized spacial score (nSPS) is 14.2. The second-order valence-corrected chi connectivity index (χ2v) is 4.67. The fourth-order valence-electron chi connectivity index (χ4n) is 1.92. The fourth-order valence-corrected chi connectivity index (χ4v) is 1.92. The zero-order chi connectivity index (χ0) is 11.7. The highest BCUT2D eigenvalue weighted by atomic mass is 16.5. The molecule has 0 N–H and O–H groups in total. The fraction of sp³-hybridized carbons (Fsp3) is 0.538. The molecule has 0 spiro atoms. The number of aliphatic imine (C=N–C) groups is 1. The molecule has 2 heterocycles. The van der Waals surface area contributed by atoms with Gasteiger partial charge in [0.25, 0.3) is 0 Å². The van der Waals surface area contributed by atoms with Crippen LogP contribution in [0.2, 0.25) is 0 Å². The quantitative estimate of drug-likeness (QED) is 0.781. The topological polar surface area (TPSA) is 34.5 Å². The van der Waals surface area contributed by atoms with Crippen molar-refractivity contribution in [3.8, 4) is 5.88 Å². The van der Waals surface area contributed by atoms with Crippen molar-refractivity contribution >= 4 is 5.71 Å². The van der Waals surface area contributed by atoms with Crippen molar-refractivity contribution in [2.75, 3.05) is 0 Å². The van der Waals surface area contributed by atoms with Crippen LogP contribution in [0.4, 0.5) is 0 Å². The molecule has 0 saturated heterocycles. The number of hydrogen-bond donors (Lipinski definition) is 0. The zero-order valence-electron chi connectivity index (χ0n) is 10.3. The molecule has 0 atom stereocenters.